The normalized spacial score (nSPS) is 13.4. The third-order valence-electron chi connectivity index (χ3n) is 2.31. The number of rotatable bonds is 2. The van der Waals surface area contributed by atoms with Gasteiger partial charge in [-0.15, -0.1) is 0 Å². The van der Waals surface area contributed by atoms with Crippen molar-refractivity contribution in [2.75, 3.05) is 0 Å². The second kappa shape index (κ2) is 3.18. The summed E-state index contributed by atoms with van der Waals surface area (Å²) in [7, 11) is 0. The lowest BCUT2D eigenvalue weighted by molar-refractivity contribution is 0.669. The predicted octanol–water partition coefficient (Wildman–Crippen LogP) is 1.74. The molecule has 68 valence electrons. The largest absolute Gasteiger partial charge is 0.323 e. The van der Waals surface area contributed by atoms with Crippen molar-refractivity contribution in [1.29, 1.82) is 0 Å². The van der Waals surface area contributed by atoms with Crippen LogP contribution in [0.3, 0.4) is 0 Å². The molecule has 0 saturated heterocycles. The van der Waals surface area contributed by atoms with Crippen LogP contribution in [0.15, 0.2) is 30.7 Å². The number of fused-ring (bicyclic) bond motifs is 1. The van der Waals surface area contributed by atoms with Gasteiger partial charge >= 0.3 is 0 Å². The summed E-state index contributed by atoms with van der Waals surface area (Å²) in [4.78, 5) is 4.05. The fourth-order valence-corrected chi connectivity index (χ4v) is 1.49. The number of aromatic nitrogens is 2. The summed E-state index contributed by atoms with van der Waals surface area (Å²) in [5.74, 6) is 0. The van der Waals surface area contributed by atoms with Crippen LogP contribution in [0, 0.1) is 0 Å². The molecule has 3 nitrogen and oxygen atoms in total. The fraction of sp³-hybridized carbons (Fsp3) is 0.300. The average Bonchev–Trinajstić information content (AvgIpc) is 2.60. The van der Waals surface area contributed by atoms with E-state index >= 15 is 0 Å². The first kappa shape index (κ1) is 8.26. The molecule has 2 rings (SSSR count). The van der Waals surface area contributed by atoms with Crippen LogP contribution in [0.25, 0.3) is 5.52 Å². The zero-order chi connectivity index (χ0) is 9.26. The van der Waals surface area contributed by atoms with Crippen LogP contribution in [0.1, 0.15) is 25.1 Å². The summed E-state index contributed by atoms with van der Waals surface area (Å²) in [5.41, 5.74) is 8.21. The van der Waals surface area contributed by atoms with E-state index in [1.165, 1.54) is 0 Å². The summed E-state index contributed by atoms with van der Waals surface area (Å²) in [6, 6.07) is 4.22. The number of nitrogens with two attached hydrogens (primary N) is 1. The average molecular weight is 175 g/mol. The Balaban J connectivity index is 2.57. The van der Waals surface area contributed by atoms with Crippen molar-refractivity contribution < 1.29 is 0 Å². The SMILES string of the molecule is CCC(N)c1ccc2cnccn12. The minimum Gasteiger partial charge on any atom is -0.323 e. The van der Waals surface area contributed by atoms with E-state index < -0.39 is 0 Å². The Hall–Kier alpha value is -1.35. The van der Waals surface area contributed by atoms with Crippen LogP contribution in [0.2, 0.25) is 0 Å². The van der Waals surface area contributed by atoms with Crippen LogP contribution in [-0.2, 0) is 0 Å². The molecule has 1 atom stereocenters. The lowest BCUT2D eigenvalue weighted by atomic mass is 10.2. The summed E-state index contributed by atoms with van der Waals surface area (Å²) in [6.07, 6.45) is 6.51. The molecule has 0 aromatic carbocycles. The Morgan fingerprint density at radius 2 is 2.38 bits per heavy atom. The van der Waals surface area contributed by atoms with Crippen LogP contribution in [0.5, 0.6) is 0 Å². The van der Waals surface area contributed by atoms with Crippen LogP contribution < -0.4 is 5.73 Å². The molecule has 2 aromatic heterocycles. The highest BCUT2D eigenvalue weighted by Crippen LogP contribution is 2.16. The highest BCUT2D eigenvalue weighted by atomic mass is 14.9. The van der Waals surface area contributed by atoms with Gasteiger partial charge in [-0.2, -0.15) is 0 Å². The quantitative estimate of drug-likeness (QED) is 0.755. The van der Waals surface area contributed by atoms with Crippen molar-refractivity contribution in [3.63, 3.8) is 0 Å². The number of nitrogens with zero attached hydrogens (tertiary/aromatic N) is 2. The van der Waals surface area contributed by atoms with Gasteiger partial charge in [0.15, 0.2) is 0 Å². The summed E-state index contributed by atoms with van der Waals surface area (Å²) in [5, 5.41) is 0. The lowest BCUT2D eigenvalue weighted by Crippen LogP contribution is -2.11. The maximum Gasteiger partial charge on any atom is 0.0637 e. The first-order chi connectivity index (χ1) is 6.33. The van der Waals surface area contributed by atoms with Crippen molar-refractivity contribution in [1.82, 2.24) is 9.38 Å². The standard InChI is InChI=1S/C10H13N3/c1-2-9(11)10-4-3-8-7-12-5-6-13(8)10/h3-7,9H,2,11H2,1H3. The van der Waals surface area contributed by atoms with E-state index in [1.54, 1.807) is 6.20 Å². The maximum atomic E-state index is 5.96. The zero-order valence-electron chi connectivity index (χ0n) is 7.64. The molecule has 0 aliphatic rings. The lowest BCUT2D eigenvalue weighted by Gasteiger charge is -2.08. The maximum absolute atomic E-state index is 5.96. The van der Waals surface area contributed by atoms with Crippen molar-refractivity contribution in [2.45, 2.75) is 19.4 Å². The molecule has 0 saturated carbocycles. The Morgan fingerprint density at radius 3 is 3.15 bits per heavy atom. The van der Waals surface area contributed by atoms with Gasteiger partial charge in [-0.1, -0.05) is 6.92 Å². The van der Waals surface area contributed by atoms with Gasteiger partial charge in [-0.25, -0.2) is 0 Å². The second-order valence-corrected chi connectivity index (χ2v) is 3.14. The summed E-state index contributed by atoms with van der Waals surface area (Å²) < 4.78 is 2.08. The van der Waals surface area contributed by atoms with E-state index in [1.807, 2.05) is 18.5 Å². The number of hydrogen-bond acceptors (Lipinski definition) is 2. The molecule has 2 heterocycles. The van der Waals surface area contributed by atoms with Gasteiger partial charge < -0.3 is 10.1 Å². The summed E-state index contributed by atoms with van der Waals surface area (Å²) >= 11 is 0. The smallest absolute Gasteiger partial charge is 0.0637 e. The van der Waals surface area contributed by atoms with Gasteiger partial charge in [0.05, 0.1) is 11.7 Å². The zero-order valence-corrected chi connectivity index (χ0v) is 7.64. The van der Waals surface area contributed by atoms with Gasteiger partial charge in [-0.05, 0) is 18.6 Å². The van der Waals surface area contributed by atoms with Crippen LogP contribution in [0.4, 0.5) is 0 Å². The van der Waals surface area contributed by atoms with Crippen LogP contribution in [-0.4, -0.2) is 9.38 Å². The van der Waals surface area contributed by atoms with Crippen molar-refractivity contribution in [3.05, 3.63) is 36.4 Å². The Bertz CT molecular complexity index is 405. The van der Waals surface area contributed by atoms with Gasteiger partial charge in [0.25, 0.3) is 0 Å². The third kappa shape index (κ3) is 1.31. The van der Waals surface area contributed by atoms with Crippen molar-refractivity contribution in [3.8, 4) is 0 Å². The Labute approximate surface area is 77.2 Å². The predicted molar refractivity (Wildman–Crippen MR) is 52.4 cm³/mol. The van der Waals surface area contributed by atoms with Gasteiger partial charge in [-0.3, -0.25) is 4.98 Å². The van der Waals surface area contributed by atoms with E-state index in [9.17, 15) is 0 Å². The first-order valence-corrected chi connectivity index (χ1v) is 4.49. The van der Waals surface area contributed by atoms with Crippen molar-refractivity contribution >= 4 is 5.52 Å². The molecule has 13 heavy (non-hydrogen) atoms. The minimum absolute atomic E-state index is 0.116. The summed E-state index contributed by atoms with van der Waals surface area (Å²) in [6.45, 7) is 2.09. The molecule has 1 unspecified atom stereocenters. The van der Waals surface area contributed by atoms with E-state index in [2.05, 4.69) is 22.4 Å². The molecule has 0 amide bonds. The second-order valence-electron chi connectivity index (χ2n) is 3.14. The van der Waals surface area contributed by atoms with Crippen LogP contribution >= 0.6 is 0 Å². The Morgan fingerprint density at radius 1 is 1.54 bits per heavy atom. The highest BCUT2D eigenvalue weighted by molar-refractivity contribution is 5.47. The Kier molecular flexibility index (Phi) is 2.02. The van der Waals surface area contributed by atoms with E-state index in [0.29, 0.717) is 0 Å². The monoisotopic (exact) mass is 175 g/mol. The van der Waals surface area contributed by atoms with Gasteiger partial charge in [0, 0.05) is 24.1 Å². The molecule has 0 radical (unpaired) electrons. The molecule has 0 aliphatic heterocycles. The molecular formula is C10H13N3. The molecule has 2 aromatic rings. The van der Waals surface area contributed by atoms with Gasteiger partial charge in [0.2, 0.25) is 0 Å². The topological polar surface area (TPSA) is 43.3 Å². The third-order valence-corrected chi connectivity index (χ3v) is 2.31. The minimum atomic E-state index is 0.116. The van der Waals surface area contributed by atoms with E-state index in [4.69, 9.17) is 5.73 Å². The molecule has 3 heteroatoms. The molecule has 0 fully saturated rings. The highest BCUT2D eigenvalue weighted by Gasteiger charge is 2.07. The molecule has 0 bridgehead atoms. The fourth-order valence-electron chi connectivity index (χ4n) is 1.49. The molecular weight excluding hydrogens is 162 g/mol. The van der Waals surface area contributed by atoms with E-state index in [0.717, 1.165) is 17.6 Å². The molecule has 0 aliphatic carbocycles. The number of hydrogen-bond donors (Lipinski definition) is 1. The molecule has 2 N–H and O–H groups in total. The molecule has 0 spiro atoms. The van der Waals surface area contributed by atoms with Crippen molar-refractivity contribution in [2.24, 2.45) is 5.73 Å². The van der Waals surface area contributed by atoms with E-state index in [-0.39, 0.29) is 6.04 Å². The first-order valence-electron chi connectivity index (χ1n) is 4.49. The van der Waals surface area contributed by atoms with Gasteiger partial charge in [0.1, 0.15) is 0 Å².